The summed E-state index contributed by atoms with van der Waals surface area (Å²) in [6.07, 6.45) is 3.42. The lowest BCUT2D eigenvalue weighted by Gasteiger charge is -2.33. The predicted octanol–water partition coefficient (Wildman–Crippen LogP) is 3.77. The van der Waals surface area contributed by atoms with Gasteiger partial charge in [0, 0.05) is 26.2 Å². The highest BCUT2D eigenvalue weighted by Crippen LogP contribution is 2.30. The summed E-state index contributed by atoms with van der Waals surface area (Å²) in [7, 11) is 3.76. The Balaban J connectivity index is 1.46. The first kappa shape index (κ1) is 20.2. The number of benzene rings is 1. The number of nitrogens with zero attached hydrogens (tertiary/aromatic N) is 5. The molecule has 1 aliphatic rings. The van der Waals surface area contributed by atoms with Crippen molar-refractivity contribution in [2.75, 3.05) is 55.9 Å². The molecule has 0 unspecified atom stereocenters. The Bertz CT molecular complexity index is 991. The summed E-state index contributed by atoms with van der Waals surface area (Å²) in [5.74, 6) is 2.24. The van der Waals surface area contributed by atoms with Gasteiger partial charge in [-0.15, -0.1) is 0 Å². The summed E-state index contributed by atoms with van der Waals surface area (Å²) in [5.41, 5.74) is 1.88. The Labute approximate surface area is 180 Å². The maximum atomic E-state index is 6.28. The number of hydrogen-bond acceptors (Lipinski definition) is 8. The second-order valence-electron chi connectivity index (χ2n) is 7.03. The van der Waals surface area contributed by atoms with Crippen LogP contribution in [0.25, 0.3) is 0 Å². The first-order valence-corrected chi connectivity index (χ1v) is 10.1. The lowest BCUT2D eigenvalue weighted by atomic mass is 10.3. The lowest BCUT2D eigenvalue weighted by Crippen LogP contribution is -2.44. The van der Waals surface area contributed by atoms with Crippen LogP contribution >= 0.6 is 11.6 Å². The molecule has 0 bridgehead atoms. The Morgan fingerprint density at radius 2 is 1.77 bits per heavy atom. The van der Waals surface area contributed by atoms with Crippen molar-refractivity contribution in [2.24, 2.45) is 0 Å². The molecule has 0 spiro atoms. The number of likely N-dealkylation sites (N-methyl/N-ethyl adjacent to an activating group) is 1. The summed E-state index contributed by atoms with van der Waals surface area (Å²) < 4.78 is 5.37. The van der Waals surface area contributed by atoms with Gasteiger partial charge in [0.05, 0.1) is 30.9 Å². The van der Waals surface area contributed by atoms with Crippen molar-refractivity contribution in [3.8, 4) is 5.75 Å². The van der Waals surface area contributed by atoms with Crippen molar-refractivity contribution in [2.45, 2.75) is 0 Å². The summed E-state index contributed by atoms with van der Waals surface area (Å²) in [6.45, 7) is 4.12. The molecular formula is C21H24ClN7O. The standard InChI is InChI=1S/C21H24ClN7O/c1-28-9-11-29(12-10-28)15-7-8-19(23-13-15)26-21-24-14-16(22)20(27-21)25-17-5-3-4-6-18(17)30-2/h3-8,13-14H,9-12H2,1-2H3,(H2,23,24,25,26,27). The molecule has 0 radical (unpaired) electrons. The molecule has 156 valence electrons. The van der Waals surface area contributed by atoms with Crippen molar-refractivity contribution < 1.29 is 4.74 Å². The quantitative estimate of drug-likeness (QED) is 0.617. The van der Waals surface area contributed by atoms with Gasteiger partial charge in [0.2, 0.25) is 5.95 Å². The maximum absolute atomic E-state index is 6.28. The van der Waals surface area contributed by atoms with Gasteiger partial charge in [0.1, 0.15) is 16.6 Å². The molecule has 0 atom stereocenters. The van der Waals surface area contributed by atoms with Crippen molar-refractivity contribution in [1.29, 1.82) is 0 Å². The number of halogens is 1. The van der Waals surface area contributed by atoms with Crippen LogP contribution in [0, 0.1) is 0 Å². The predicted molar refractivity (Wildman–Crippen MR) is 121 cm³/mol. The Morgan fingerprint density at radius 3 is 2.50 bits per heavy atom. The van der Waals surface area contributed by atoms with Gasteiger partial charge < -0.3 is 25.2 Å². The summed E-state index contributed by atoms with van der Waals surface area (Å²) in [6, 6.07) is 11.6. The first-order chi connectivity index (χ1) is 14.6. The Morgan fingerprint density at radius 1 is 0.967 bits per heavy atom. The molecule has 0 aliphatic carbocycles. The van der Waals surface area contributed by atoms with Crippen LogP contribution < -0.4 is 20.3 Å². The molecule has 1 aliphatic heterocycles. The van der Waals surface area contributed by atoms with E-state index in [0.29, 0.717) is 28.4 Å². The van der Waals surface area contributed by atoms with Crippen LogP contribution in [0.2, 0.25) is 5.02 Å². The van der Waals surface area contributed by atoms with E-state index in [1.807, 2.05) is 36.5 Å². The zero-order valence-corrected chi connectivity index (χ0v) is 17.7. The third-order valence-electron chi connectivity index (χ3n) is 4.96. The minimum atomic E-state index is 0.400. The van der Waals surface area contributed by atoms with E-state index in [-0.39, 0.29) is 0 Å². The van der Waals surface area contributed by atoms with Gasteiger partial charge in [-0.2, -0.15) is 4.98 Å². The smallest absolute Gasteiger partial charge is 0.230 e. The van der Waals surface area contributed by atoms with E-state index in [2.05, 4.69) is 48.5 Å². The number of piperazine rings is 1. The van der Waals surface area contributed by atoms with Crippen molar-refractivity contribution in [3.05, 3.63) is 53.8 Å². The Kier molecular flexibility index (Phi) is 6.15. The highest BCUT2D eigenvalue weighted by Gasteiger charge is 2.15. The third-order valence-corrected chi connectivity index (χ3v) is 5.24. The summed E-state index contributed by atoms with van der Waals surface area (Å²) >= 11 is 6.28. The number of aromatic nitrogens is 3. The van der Waals surface area contributed by atoms with Gasteiger partial charge >= 0.3 is 0 Å². The molecule has 1 fully saturated rings. The van der Waals surface area contributed by atoms with Crippen LogP contribution in [-0.2, 0) is 0 Å². The Hall–Kier alpha value is -3.10. The molecule has 2 N–H and O–H groups in total. The largest absolute Gasteiger partial charge is 0.495 e. The van der Waals surface area contributed by atoms with E-state index in [4.69, 9.17) is 16.3 Å². The molecule has 1 saturated heterocycles. The number of rotatable bonds is 6. The fraction of sp³-hybridized carbons (Fsp3) is 0.286. The van der Waals surface area contributed by atoms with Gasteiger partial charge in [-0.3, -0.25) is 0 Å². The van der Waals surface area contributed by atoms with Gasteiger partial charge in [-0.05, 0) is 31.3 Å². The number of anilines is 5. The van der Waals surface area contributed by atoms with Gasteiger partial charge in [-0.25, -0.2) is 9.97 Å². The molecule has 1 aromatic carbocycles. The van der Waals surface area contributed by atoms with Crippen LogP contribution in [0.1, 0.15) is 0 Å². The molecule has 2 aromatic heterocycles. The van der Waals surface area contributed by atoms with E-state index < -0.39 is 0 Å². The van der Waals surface area contributed by atoms with Gasteiger partial charge in [0.25, 0.3) is 0 Å². The molecule has 30 heavy (non-hydrogen) atoms. The lowest BCUT2D eigenvalue weighted by molar-refractivity contribution is 0.313. The second kappa shape index (κ2) is 9.15. The van der Waals surface area contributed by atoms with Crippen LogP contribution in [-0.4, -0.2) is 60.2 Å². The number of methoxy groups -OCH3 is 1. The fourth-order valence-corrected chi connectivity index (χ4v) is 3.36. The zero-order valence-electron chi connectivity index (χ0n) is 17.0. The van der Waals surface area contributed by atoms with E-state index in [0.717, 1.165) is 37.6 Å². The van der Waals surface area contributed by atoms with Crippen LogP contribution in [0.4, 0.5) is 29.0 Å². The molecular weight excluding hydrogens is 402 g/mol. The van der Waals surface area contributed by atoms with E-state index in [1.165, 1.54) is 0 Å². The summed E-state index contributed by atoms with van der Waals surface area (Å²) in [5, 5.41) is 6.73. The third kappa shape index (κ3) is 4.72. The maximum Gasteiger partial charge on any atom is 0.230 e. The number of pyridine rings is 1. The fourth-order valence-electron chi connectivity index (χ4n) is 3.22. The van der Waals surface area contributed by atoms with E-state index in [9.17, 15) is 0 Å². The normalized spacial score (nSPS) is 14.4. The average molecular weight is 426 g/mol. The first-order valence-electron chi connectivity index (χ1n) is 9.71. The average Bonchev–Trinajstić information content (AvgIpc) is 2.77. The highest BCUT2D eigenvalue weighted by molar-refractivity contribution is 6.32. The highest BCUT2D eigenvalue weighted by atomic mass is 35.5. The van der Waals surface area contributed by atoms with Crippen LogP contribution in [0.3, 0.4) is 0 Å². The van der Waals surface area contributed by atoms with Crippen molar-refractivity contribution in [3.63, 3.8) is 0 Å². The van der Waals surface area contributed by atoms with E-state index in [1.54, 1.807) is 13.3 Å². The molecule has 4 rings (SSSR count). The number of nitrogens with one attached hydrogen (secondary N) is 2. The molecule has 0 saturated carbocycles. The van der Waals surface area contributed by atoms with Crippen LogP contribution in [0.15, 0.2) is 48.8 Å². The zero-order chi connectivity index (χ0) is 20.9. The molecule has 0 amide bonds. The van der Waals surface area contributed by atoms with E-state index >= 15 is 0 Å². The van der Waals surface area contributed by atoms with Gasteiger partial charge in [0.15, 0.2) is 5.82 Å². The molecule has 9 heteroatoms. The number of ether oxygens (including phenoxy) is 1. The molecule has 3 aromatic rings. The minimum absolute atomic E-state index is 0.400. The topological polar surface area (TPSA) is 78.4 Å². The second-order valence-corrected chi connectivity index (χ2v) is 7.44. The van der Waals surface area contributed by atoms with Crippen molar-refractivity contribution >= 4 is 40.6 Å². The summed E-state index contributed by atoms with van der Waals surface area (Å²) in [4.78, 5) is 17.9. The SMILES string of the molecule is COc1ccccc1Nc1nc(Nc2ccc(N3CCN(C)CC3)cn2)ncc1Cl. The number of hydrogen-bond donors (Lipinski definition) is 2. The minimum Gasteiger partial charge on any atom is -0.495 e. The molecule has 3 heterocycles. The van der Waals surface area contributed by atoms with Crippen LogP contribution in [0.5, 0.6) is 5.75 Å². The molecule has 8 nitrogen and oxygen atoms in total. The monoisotopic (exact) mass is 425 g/mol. The van der Waals surface area contributed by atoms with Gasteiger partial charge in [-0.1, -0.05) is 23.7 Å². The van der Waals surface area contributed by atoms with Crippen molar-refractivity contribution in [1.82, 2.24) is 19.9 Å². The number of para-hydroxylation sites is 2.